The molecular formula is C16H19F2N7O2. The Kier molecular flexibility index (Phi) is 4.84. The first-order chi connectivity index (χ1) is 13.1. The summed E-state index contributed by atoms with van der Waals surface area (Å²) in [4.78, 5) is 8.92. The van der Waals surface area contributed by atoms with Crippen LogP contribution in [-0.2, 0) is 4.74 Å². The van der Waals surface area contributed by atoms with Crippen molar-refractivity contribution in [2.75, 3.05) is 18.5 Å². The number of rotatable bonds is 6. The largest absolute Gasteiger partial charge is 0.415 e. The van der Waals surface area contributed by atoms with Crippen LogP contribution < -0.4 is 10.1 Å². The number of aromatic nitrogens is 6. The number of alkyl halides is 2. The predicted octanol–water partition coefficient (Wildman–Crippen LogP) is 2.88. The normalized spacial score (nSPS) is 18.7. The number of hydrogen-bond donors (Lipinski definition) is 2. The minimum atomic E-state index is -2.93. The van der Waals surface area contributed by atoms with Crippen molar-refractivity contribution in [3.8, 4) is 5.88 Å². The second-order valence-corrected chi connectivity index (χ2v) is 6.39. The molecule has 1 aliphatic rings. The van der Waals surface area contributed by atoms with Gasteiger partial charge in [-0.15, -0.1) is 5.10 Å². The van der Waals surface area contributed by atoms with Gasteiger partial charge in [0.25, 0.3) is 0 Å². The van der Waals surface area contributed by atoms with Crippen molar-refractivity contribution in [3.05, 3.63) is 18.5 Å². The fraction of sp³-hybridized carbons (Fsp3) is 0.500. The van der Waals surface area contributed by atoms with E-state index in [1.54, 1.807) is 6.20 Å². The number of fused-ring (bicyclic) bond motifs is 1. The van der Waals surface area contributed by atoms with Crippen molar-refractivity contribution in [3.63, 3.8) is 0 Å². The summed E-state index contributed by atoms with van der Waals surface area (Å²) in [5.74, 6) is 0.946. The molecule has 4 rings (SSSR count). The number of ether oxygens (including phenoxy) is 2. The molecule has 1 saturated heterocycles. The quantitative estimate of drug-likeness (QED) is 0.679. The van der Waals surface area contributed by atoms with E-state index in [4.69, 9.17) is 4.74 Å². The lowest BCUT2D eigenvalue weighted by Crippen LogP contribution is -2.26. The van der Waals surface area contributed by atoms with Gasteiger partial charge < -0.3 is 14.8 Å². The maximum Gasteiger partial charge on any atom is 0.388 e. The summed E-state index contributed by atoms with van der Waals surface area (Å²) in [5, 5.41) is 13.6. The van der Waals surface area contributed by atoms with Gasteiger partial charge in [-0.1, -0.05) is 0 Å². The molecule has 0 saturated carbocycles. The SMILES string of the molecule is C[C@H](C1CCCOC1)n1ncc2ncc(Nc3cc(OC(F)F)n[nH]3)nc21. The third-order valence-corrected chi connectivity index (χ3v) is 4.59. The highest BCUT2D eigenvalue weighted by Gasteiger charge is 2.24. The number of nitrogens with one attached hydrogen (secondary N) is 2. The number of aromatic amines is 1. The minimum absolute atomic E-state index is 0.116. The molecule has 1 unspecified atom stereocenters. The number of hydrogen-bond acceptors (Lipinski definition) is 7. The van der Waals surface area contributed by atoms with Crippen LogP contribution in [0.5, 0.6) is 5.88 Å². The topological polar surface area (TPSA) is 103 Å². The van der Waals surface area contributed by atoms with E-state index in [1.165, 1.54) is 12.3 Å². The standard InChI is InChI=1S/C16H19F2N7O2/c1-9(10-3-2-4-26-8-10)25-15-11(6-20-25)19-7-13(22-15)21-12-5-14(24-23-12)27-16(17)18/h5-7,9-10,16H,2-4,8H2,1H3,(H2,21,22,23,24)/t9-,10?/m1/s1. The van der Waals surface area contributed by atoms with E-state index in [0.29, 0.717) is 35.3 Å². The molecular weight excluding hydrogens is 360 g/mol. The maximum atomic E-state index is 12.2. The Morgan fingerprint density at radius 1 is 1.41 bits per heavy atom. The molecule has 3 aromatic rings. The van der Waals surface area contributed by atoms with Gasteiger partial charge in [0, 0.05) is 18.6 Å². The number of anilines is 2. The van der Waals surface area contributed by atoms with E-state index in [-0.39, 0.29) is 11.9 Å². The van der Waals surface area contributed by atoms with Crippen LogP contribution in [0.4, 0.5) is 20.4 Å². The molecule has 9 nitrogen and oxygen atoms in total. The van der Waals surface area contributed by atoms with E-state index in [0.717, 1.165) is 19.4 Å². The molecule has 3 aromatic heterocycles. The van der Waals surface area contributed by atoms with Crippen molar-refractivity contribution in [2.45, 2.75) is 32.4 Å². The van der Waals surface area contributed by atoms with Crippen LogP contribution in [0, 0.1) is 5.92 Å². The highest BCUT2D eigenvalue weighted by molar-refractivity contribution is 5.72. The summed E-state index contributed by atoms with van der Waals surface area (Å²) in [6.45, 7) is 0.668. The molecule has 144 valence electrons. The van der Waals surface area contributed by atoms with Gasteiger partial charge in [-0.3, -0.25) is 5.10 Å². The van der Waals surface area contributed by atoms with E-state index in [2.05, 4.69) is 42.2 Å². The molecule has 1 fully saturated rings. The predicted molar refractivity (Wildman–Crippen MR) is 92.1 cm³/mol. The third kappa shape index (κ3) is 3.82. The Hall–Kier alpha value is -2.82. The van der Waals surface area contributed by atoms with Crippen LogP contribution in [0.2, 0.25) is 0 Å². The van der Waals surface area contributed by atoms with Gasteiger partial charge in [-0.2, -0.15) is 13.9 Å². The summed E-state index contributed by atoms with van der Waals surface area (Å²) in [5.41, 5.74) is 1.32. The number of halogens is 2. The van der Waals surface area contributed by atoms with Crippen LogP contribution in [0.3, 0.4) is 0 Å². The minimum Gasteiger partial charge on any atom is -0.415 e. The average molecular weight is 379 g/mol. The Bertz CT molecular complexity index is 907. The van der Waals surface area contributed by atoms with Crippen molar-refractivity contribution in [2.24, 2.45) is 5.92 Å². The van der Waals surface area contributed by atoms with Crippen molar-refractivity contribution < 1.29 is 18.3 Å². The highest BCUT2D eigenvalue weighted by Crippen LogP contribution is 2.28. The van der Waals surface area contributed by atoms with E-state index < -0.39 is 6.61 Å². The van der Waals surface area contributed by atoms with Crippen molar-refractivity contribution in [1.82, 2.24) is 29.9 Å². The lowest BCUT2D eigenvalue weighted by molar-refractivity contribution is -0.0528. The summed E-state index contributed by atoms with van der Waals surface area (Å²) >= 11 is 0. The highest BCUT2D eigenvalue weighted by atomic mass is 19.3. The van der Waals surface area contributed by atoms with Gasteiger partial charge in [-0.05, 0) is 19.8 Å². The molecule has 0 spiro atoms. The van der Waals surface area contributed by atoms with Crippen molar-refractivity contribution >= 4 is 22.8 Å². The van der Waals surface area contributed by atoms with Crippen LogP contribution in [0.15, 0.2) is 18.5 Å². The van der Waals surface area contributed by atoms with Gasteiger partial charge in [0.1, 0.15) is 11.3 Å². The molecule has 2 atom stereocenters. The molecule has 0 bridgehead atoms. The Morgan fingerprint density at radius 3 is 3.07 bits per heavy atom. The van der Waals surface area contributed by atoms with Gasteiger partial charge in [0.15, 0.2) is 11.5 Å². The Labute approximate surface area is 153 Å². The van der Waals surface area contributed by atoms with E-state index >= 15 is 0 Å². The Balaban J connectivity index is 1.55. The second-order valence-electron chi connectivity index (χ2n) is 6.39. The summed E-state index contributed by atoms with van der Waals surface area (Å²) in [7, 11) is 0. The molecule has 0 aromatic carbocycles. The molecule has 27 heavy (non-hydrogen) atoms. The summed E-state index contributed by atoms with van der Waals surface area (Å²) in [6, 6.07) is 1.43. The molecule has 0 aliphatic carbocycles. The second kappa shape index (κ2) is 7.43. The van der Waals surface area contributed by atoms with Crippen LogP contribution in [0.25, 0.3) is 11.2 Å². The zero-order valence-corrected chi connectivity index (χ0v) is 14.6. The summed E-state index contributed by atoms with van der Waals surface area (Å²) in [6.07, 6.45) is 5.33. The fourth-order valence-electron chi connectivity index (χ4n) is 3.18. The lowest BCUT2D eigenvalue weighted by atomic mass is 9.95. The molecule has 2 N–H and O–H groups in total. The zero-order valence-electron chi connectivity index (χ0n) is 14.6. The smallest absolute Gasteiger partial charge is 0.388 e. The first-order valence-corrected chi connectivity index (χ1v) is 8.65. The third-order valence-electron chi connectivity index (χ3n) is 4.59. The number of nitrogens with zero attached hydrogens (tertiary/aromatic N) is 5. The first-order valence-electron chi connectivity index (χ1n) is 8.65. The van der Waals surface area contributed by atoms with E-state index in [9.17, 15) is 8.78 Å². The van der Waals surface area contributed by atoms with Crippen LogP contribution in [-0.4, -0.2) is 49.8 Å². The lowest BCUT2D eigenvalue weighted by Gasteiger charge is -2.27. The van der Waals surface area contributed by atoms with E-state index in [1.807, 2.05) is 4.68 Å². The van der Waals surface area contributed by atoms with Gasteiger partial charge in [0.2, 0.25) is 5.88 Å². The molecule has 0 amide bonds. The average Bonchev–Trinajstić information content (AvgIpc) is 3.28. The number of H-pyrrole nitrogens is 1. The van der Waals surface area contributed by atoms with Crippen LogP contribution >= 0.6 is 0 Å². The van der Waals surface area contributed by atoms with Gasteiger partial charge in [-0.25, -0.2) is 14.6 Å². The van der Waals surface area contributed by atoms with Crippen molar-refractivity contribution in [1.29, 1.82) is 0 Å². The fourth-order valence-corrected chi connectivity index (χ4v) is 3.18. The maximum absolute atomic E-state index is 12.2. The molecule has 1 aliphatic heterocycles. The van der Waals surface area contributed by atoms with Gasteiger partial charge >= 0.3 is 6.61 Å². The van der Waals surface area contributed by atoms with Gasteiger partial charge in [0.05, 0.1) is 25.0 Å². The van der Waals surface area contributed by atoms with Crippen LogP contribution in [0.1, 0.15) is 25.8 Å². The zero-order chi connectivity index (χ0) is 18.8. The first kappa shape index (κ1) is 17.6. The Morgan fingerprint density at radius 2 is 2.30 bits per heavy atom. The molecule has 0 radical (unpaired) electrons. The summed E-state index contributed by atoms with van der Waals surface area (Å²) < 4.78 is 36.1. The molecule has 11 heteroatoms. The molecule has 4 heterocycles. The monoisotopic (exact) mass is 379 g/mol.